The minimum Gasteiger partial charge on any atom is -0.382 e. The minimum absolute atomic E-state index is 0.0131. The summed E-state index contributed by atoms with van der Waals surface area (Å²) in [7, 11) is 3.12. The molecule has 0 aromatic heterocycles. The summed E-state index contributed by atoms with van der Waals surface area (Å²) in [4.78, 5) is 76.4. The average molecular weight is 504 g/mol. The lowest BCUT2D eigenvalue weighted by atomic mass is 10.3. The summed E-state index contributed by atoms with van der Waals surface area (Å²) in [6.45, 7) is 2.36. The van der Waals surface area contributed by atoms with E-state index in [0.717, 1.165) is 0 Å². The molecule has 0 aromatic rings. The summed E-state index contributed by atoms with van der Waals surface area (Å²) in [5.41, 5.74) is 0. The Hall–Kier alpha value is -2.94. The third-order valence-electron chi connectivity index (χ3n) is 4.38. The van der Waals surface area contributed by atoms with Crippen LogP contribution in [0.5, 0.6) is 0 Å². The number of amides is 4. The molecule has 2 heterocycles. The smallest absolute Gasteiger partial charge is 0.335 e. The molecule has 2 aliphatic rings. The Kier molecular flexibility index (Phi) is 15.0. The largest absolute Gasteiger partial charge is 0.382 e. The molecule has 4 amide bonds. The fourth-order valence-corrected chi connectivity index (χ4v) is 2.57. The van der Waals surface area contributed by atoms with Gasteiger partial charge in [-0.25, -0.2) is 9.59 Å². The molecule has 0 saturated carbocycles. The van der Waals surface area contributed by atoms with Crippen LogP contribution in [0.15, 0.2) is 0 Å². The fourth-order valence-electron chi connectivity index (χ4n) is 2.57. The zero-order chi connectivity index (χ0) is 26.1. The van der Waals surface area contributed by atoms with Crippen LogP contribution in [-0.4, -0.2) is 99.6 Å². The highest BCUT2D eigenvalue weighted by Gasteiger charge is 2.33. The van der Waals surface area contributed by atoms with Gasteiger partial charge in [-0.15, -0.1) is 10.1 Å². The molecule has 35 heavy (non-hydrogen) atoms. The molecule has 14 heteroatoms. The molecule has 0 unspecified atom stereocenters. The molecule has 2 fully saturated rings. The summed E-state index contributed by atoms with van der Waals surface area (Å²) >= 11 is 0. The number of carbonyl (C=O) groups is 6. The lowest BCUT2D eigenvalue weighted by molar-refractivity contribution is -0.198. The molecule has 0 atom stereocenters. The topological polar surface area (TPSA) is 164 Å². The van der Waals surface area contributed by atoms with Crippen molar-refractivity contribution in [2.24, 2.45) is 0 Å². The molecular formula is C21H32N2O12. The second-order valence-corrected chi connectivity index (χ2v) is 7.15. The standard InChI is InChI=1S/C11H17NO6.C10H15NO6/c1-16-7-8-17-6-2-3-11(15)18-12-9(13)4-5-10(12)14;1-15-6-7-16-5-4-10(14)17-11-8(12)2-3-9(11)13/h2-8H2,1H3;2-7H2,1H3. The monoisotopic (exact) mass is 504 g/mol. The summed E-state index contributed by atoms with van der Waals surface area (Å²) in [6, 6.07) is 0. The first-order chi connectivity index (χ1) is 16.8. The van der Waals surface area contributed by atoms with Crippen molar-refractivity contribution in [3.8, 4) is 0 Å². The molecule has 2 aliphatic heterocycles. The Labute approximate surface area is 202 Å². The maximum Gasteiger partial charge on any atom is 0.335 e. The number of nitrogens with zero attached hydrogens (tertiary/aromatic N) is 2. The Morgan fingerprint density at radius 1 is 0.600 bits per heavy atom. The third kappa shape index (κ3) is 12.4. The first-order valence-electron chi connectivity index (χ1n) is 11.1. The van der Waals surface area contributed by atoms with Gasteiger partial charge in [0.1, 0.15) is 0 Å². The van der Waals surface area contributed by atoms with Crippen LogP contribution in [0.2, 0.25) is 0 Å². The van der Waals surface area contributed by atoms with Gasteiger partial charge in [-0.3, -0.25) is 19.2 Å². The van der Waals surface area contributed by atoms with Gasteiger partial charge in [-0.05, 0) is 6.42 Å². The van der Waals surface area contributed by atoms with Crippen molar-refractivity contribution in [3.63, 3.8) is 0 Å². The van der Waals surface area contributed by atoms with Crippen LogP contribution in [-0.2, 0) is 57.4 Å². The van der Waals surface area contributed by atoms with Crippen molar-refractivity contribution >= 4 is 35.6 Å². The van der Waals surface area contributed by atoms with Gasteiger partial charge in [-0.2, -0.15) is 0 Å². The fraction of sp³-hybridized carbons (Fsp3) is 0.714. The van der Waals surface area contributed by atoms with E-state index < -0.39 is 35.6 Å². The van der Waals surface area contributed by atoms with Gasteiger partial charge in [-0.1, -0.05) is 0 Å². The van der Waals surface area contributed by atoms with Crippen molar-refractivity contribution in [1.82, 2.24) is 10.1 Å². The van der Waals surface area contributed by atoms with E-state index >= 15 is 0 Å². The quantitative estimate of drug-likeness (QED) is 0.211. The van der Waals surface area contributed by atoms with Crippen LogP contribution in [0.4, 0.5) is 0 Å². The van der Waals surface area contributed by atoms with Gasteiger partial charge in [0.15, 0.2) is 0 Å². The number of hydrogen-bond acceptors (Lipinski definition) is 12. The number of ether oxygens (including phenoxy) is 4. The van der Waals surface area contributed by atoms with Crippen molar-refractivity contribution in [1.29, 1.82) is 0 Å². The molecule has 0 N–H and O–H groups in total. The number of hydroxylamine groups is 4. The first-order valence-corrected chi connectivity index (χ1v) is 11.1. The normalized spacial score (nSPS) is 15.4. The van der Waals surface area contributed by atoms with Gasteiger partial charge >= 0.3 is 11.9 Å². The molecule has 0 bridgehead atoms. The van der Waals surface area contributed by atoms with Gasteiger partial charge in [0.2, 0.25) is 0 Å². The van der Waals surface area contributed by atoms with Crippen molar-refractivity contribution in [2.45, 2.75) is 44.9 Å². The van der Waals surface area contributed by atoms with E-state index in [2.05, 4.69) is 9.68 Å². The maximum absolute atomic E-state index is 11.3. The van der Waals surface area contributed by atoms with E-state index in [1.54, 1.807) is 14.2 Å². The zero-order valence-corrected chi connectivity index (χ0v) is 20.0. The number of hydrogen-bond donors (Lipinski definition) is 0. The summed E-state index contributed by atoms with van der Waals surface area (Å²) in [5, 5.41) is 1.08. The second kappa shape index (κ2) is 17.5. The maximum atomic E-state index is 11.3. The van der Waals surface area contributed by atoms with Crippen LogP contribution in [0, 0.1) is 0 Å². The van der Waals surface area contributed by atoms with Gasteiger partial charge in [0.05, 0.1) is 45.9 Å². The van der Waals surface area contributed by atoms with Gasteiger partial charge in [0, 0.05) is 46.5 Å². The van der Waals surface area contributed by atoms with Gasteiger partial charge in [0.25, 0.3) is 23.6 Å². The molecule has 14 nitrogen and oxygen atoms in total. The van der Waals surface area contributed by atoms with Crippen molar-refractivity contribution in [2.75, 3.05) is 53.9 Å². The summed E-state index contributed by atoms with van der Waals surface area (Å²) in [5.74, 6) is -3.17. The number of rotatable bonds is 15. The van der Waals surface area contributed by atoms with Crippen molar-refractivity contribution in [3.05, 3.63) is 0 Å². The summed E-state index contributed by atoms with van der Waals surface area (Å²) < 4.78 is 19.7. The average Bonchev–Trinajstić information content (AvgIpc) is 3.32. The Balaban J connectivity index is 0.000000351. The van der Waals surface area contributed by atoms with Crippen molar-refractivity contribution < 1.29 is 57.4 Å². The van der Waals surface area contributed by atoms with E-state index in [4.69, 9.17) is 18.9 Å². The number of methoxy groups -OCH3 is 2. The van der Waals surface area contributed by atoms with E-state index in [-0.39, 0.29) is 45.1 Å². The van der Waals surface area contributed by atoms with E-state index in [1.807, 2.05) is 0 Å². The number of carbonyl (C=O) groups excluding carboxylic acids is 6. The zero-order valence-electron chi connectivity index (χ0n) is 20.0. The van der Waals surface area contributed by atoms with E-state index in [9.17, 15) is 28.8 Å². The highest BCUT2D eigenvalue weighted by atomic mass is 16.7. The molecule has 0 spiro atoms. The first kappa shape index (κ1) is 30.1. The Bertz CT molecular complexity index is 710. The Morgan fingerprint density at radius 3 is 1.43 bits per heavy atom. The molecule has 2 rings (SSSR count). The van der Waals surface area contributed by atoms with Crippen LogP contribution in [0.25, 0.3) is 0 Å². The lowest BCUT2D eigenvalue weighted by Gasteiger charge is -2.12. The van der Waals surface area contributed by atoms with E-state index in [0.29, 0.717) is 49.6 Å². The molecule has 0 aromatic carbocycles. The second-order valence-electron chi connectivity index (χ2n) is 7.15. The lowest BCUT2D eigenvalue weighted by Crippen LogP contribution is -2.32. The molecule has 2 saturated heterocycles. The molecule has 0 aliphatic carbocycles. The van der Waals surface area contributed by atoms with Crippen LogP contribution >= 0.6 is 0 Å². The summed E-state index contributed by atoms with van der Waals surface area (Å²) in [6.07, 6.45) is 0.953. The highest BCUT2D eigenvalue weighted by molar-refractivity contribution is 6.02. The van der Waals surface area contributed by atoms with E-state index in [1.165, 1.54) is 0 Å². The number of imide groups is 2. The van der Waals surface area contributed by atoms with Crippen LogP contribution in [0.1, 0.15) is 44.9 Å². The Morgan fingerprint density at radius 2 is 1.00 bits per heavy atom. The molecule has 198 valence electrons. The predicted molar refractivity (Wildman–Crippen MR) is 114 cm³/mol. The third-order valence-corrected chi connectivity index (χ3v) is 4.38. The minimum atomic E-state index is -0.661. The van der Waals surface area contributed by atoms with Gasteiger partial charge < -0.3 is 28.6 Å². The SMILES string of the molecule is COCCOCCC(=O)ON1C(=O)CCC1=O.COCCOCCCC(=O)ON1C(=O)CCC1=O. The van der Waals surface area contributed by atoms with Crippen LogP contribution in [0.3, 0.4) is 0 Å². The van der Waals surface area contributed by atoms with Crippen LogP contribution < -0.4 is 0 Å². The highest BCUT2D eigenvalue weighted by Crippen LogP contribution is 2.13. The molecular weight excluding hydrogens is 472 g/mol. The molecule has 0 radical (unpaired) electrons. The predicted octanol–water partition coefficient (Wildman–Crippen LogP) is -0.316.